The quantitative estimate of drug-likeness (QED) is 0.0886. The zero-order valence-corrected chi connectivity index (χ0v) is 26.2. The first-order valence-corrected chi connectivity index (χ1v) is 15.4. The number of ether oxygens (including phenoxy) is 3. The van der Waals surface area contributed by atoms with Crippen molar-refractivity contribution >= 4 is 78.0 Å². The number of aliphatic carboxylic acids is 2. The fourth-order valence-electron chi connectivity index (χ4n) is 4.24. The average Bonchev–Trinajstić information content (AvgIpc) is 3.60. The number of methoxy groups -OCH3 is 1. The summed E-state index contributed by atoms with van der Waals surface area (Å²) in [6, 6.07) is 5.86. The molecule has 2 atom stereocenters. The lowest BCUT2D eigenvalue weighted by Gasteiger charge is -2.14. The number of Topliss-reactive ketones (excluding diaryl/α,β-unsaturated/α-hetero) is 2. The second-order valence-electron chi connectivity index (χ2n) is 10.1. The number of carboxylic acids is 2. The van der Waals surface area contributed by atoms with E-state index in [0.29, 0.717) is 25.4 Å². The molecule has 0 fully saturated rings. The Hall–Kier alpha value is -3.94. The molecular formula is C30H28ClFO10S2. The molecule has 10 nitrogen and oxygen atoms in total. The zero-order valence-electron chi connectivity index (χ0n) is 23.8. The predicted molar refractivity (Wildman–Crippen MR) is 164 cm³/mol. The maximum atomic E-state index is 15.2. The predicted octanol–water partition coefficient (Wildman–Crippen LogP) is 7.06. The Morgan fingerprint density at radius 3 is 1.86 bits per heavy atom. The lowest BCUT2D eigenvalue weighted by atomic mass is 10.0. The molecule has 0 spiro atoms. The largest absolute Gasteiger partial charge is 0.504 e. The normalized spacial score (nSPS) is 12.7. The molecule has 4 rings (SSSR count). The van der Waals surface area contributed by atoms with Gasteiger partial charge < -0.3 is 29.5 Å². The van der Waals surface area contributed by atoms with Crippen molar-refractivity contribution in [3.05, 3.63) is 44.9 Å². The molecule has 0 amide bonds. The van der Waals surface area contributed by atoms with Crippen LogP contribution in [0.25, 0.3) is 20.2 Å². The summed E-state index contributed by atoms with van der Waals surface area (Å²) in [6.45, 7) is 2.88. The molecule has 0 saturated carbocycles. The fourth-order valence-corrected chi connectivity index (χ4v) is 6.69. The van der Waals surface area contributed by atoms with E-state index in [9.17, 15) is 24.3 Å². The number of phenols is 1. The van der Waals surface area contributed by atoms with Gasteiger partial charge in [0.15, 0.2) is 40.4 Å². The number of fused-ring (bicyclic) bond motifs is 2. The molecule has 2 aromatic heterocycles. The first-order chi connectivity index (χ1) is 20.8. The number of aromatic hydroxyl groups is 1. The molecule has 44 heavy (non-hydrogen) atoms. The Balaban J connectivity index is 1.42. The molecule has 4 aromatic rings. The van der Waals surface area contributed by atoms with Crippen molar-refractivity contribution in [3.8, 4) is 23.0 Å². The van der Waals surface area contributed by atoms with Crippen LogP contribution in [0.15, 0.2) is 24.3 Å². The molecule has 0 saturated heterocycles. The lowest BCUT2D eigenvalue weighted by Crippen LogP contribution is -2.13. The van der Waals surface area contributed by atoms with Gasteiger partial charge in [-0.3, -0.25) is 19.2 Å². The van der Waals surface area contributed by atoms with Gasteiger partial charge in [0.05, 0.1) is 46.9 Å². The Morgan fingerprint density at radius 2 is 1.34 bits per heavy atom. The topological polar surface area (TPSA) is 157 Å². The third kappa shape index (κ3) is 7.06. The lowest BCUT2D eigenvalue weighted by molar-refractivity contribution is -0.141. The van der Waals surface area contributed by atoms with Gasteiger partial charge >= 0.3 is 11.9 Å². The van der Waals surface area contributed by atoms with E-state index in [4.69, 9.17) is 36.0 Å². The van der Waals surface area contributed by atoms with Crippen molar-refractivity contribution in [1.82, 2.24) is 0 Å². The maximum absolute atomic E-state index is 15.2. The van der Waals surface area contributed by atoms with E-state index in [-0.39, 0.29) is 59.3 Å². The van der Waals surface area contributed by atoms with Gasteiger partial charge in [-0.25, -0.2) is 4.39 Å². The summed E-state index contributed by atoms with van der Waals surface area (Å²) in [5.41, 5.74) is 0. The van der Waals surface area contributed by atoms with Gasteiger partial charge in [-0.2, -0.15) is 0 Å². The first-order valence-electron chi connectivity index (χ1n) is 13.3. The highest BCUT2D eigenvalue weighted by Gasteiger charge is 2.24. The van der Waals surface area contributed by atoms with Crippen LogP contribution >= 0.6 is 34.3 Å². The summed E-state index contributed by atoms with van der Waals surface area (Å²) in [7, 11) is 1.43. The van der Waals surface area contributed by atoms with Crippen LogP contribution in [-0.2, 0) is 9.59 Å². The zero-order chi connectivity index (χ0) is 32.3. The minimum absolute atomic E-state index is 0.0525. The summed E-state index contributed by atoms with van der Waals surface area (Å²) in [6.07, 6.45) is -0.144. The molecule has 14 heteroatoms. The van der Waals surface area contributed by atoms with Gasteiger partial charge in [0.25, 0.3) is 0 Å². The van der Waals surface area contributed by atoms with Crippen LogP contribution in [0, 0.1) is 17.7 Å². The molecule has 0 aliphatic carbocycles. The highest BCUT2D eigenvalue weighted by molar-refractivity contribution is 7.21. The Labute approximate surface area is 263 Å². The van der Waals surface area contributed by atoms with E-state index in [2.05, 4.69) is 0 Å². The van der Waals surface area contributed by atoms with Gasteiger partial charge in [0, 0.05) is 51.6 Å². The number of halogens is 2. The Morgan fingerprint density at radius 1 is 0.841 bits per heavy atom. The molecule has 2 heterocycles. The fraction of sp³-hybridized carbons (Fsp3) is 0.333. The third-order valence-electron chi connectivity index (χ3n) is 6.76. The molecule has 0 unspecified atom stereocenters. The van der Waals surface area contributed by atoms with E-state index in [1.165, 1.54) is 44.4 Å². The van der Waals surface area contributed by atoms with Crippen LogP contribution < -0.4 is 14.2 Å². The number of hydrogen-bond donors (Lipinski definition) is 3. The number of thiophene rings is 2. The van der Waals surface area contributed by atoms with E-state index >= 15 is 4.39 Å². The third-order valence-corrected chi connectivity index (χ3v) is 9.38. The minimum atomic E-state index is -1.11. The van der Waals surface area contributed by atoms with Crippen molar-refractivity contribution in [2.75, 3.05) is 20.3 Å². The number of phenolic OH excluding ortho intramolecular Hbond substituents is 1. The summed E-state index contributed by atoms with van der Waals surface area (Å²) in [4.78, 5) is 47.8. The molecular weight excluding hydrogens is 639 g/mol. The number of carbonyl (C=O) groups is 4. The number of hydrogen-bond acceptors (Lipinski definition) is 10. The number of rotatable bonds is 15. The molecule has 0 bridgehead atoms. The Kier molecular flexibility index (Phi) is 10.3. The average molecular weight is 667 g/mol. The van der Waals surface area contributed by atoms with Gasteiger partial charge in [-0.1, -0.05) is 25.4 Å². The summed E-state index contributed by atoms with van der Waals surface area (Å²) in [5.74, 6) is -5.80. The molecule has 3 N–H and O–H groups in total. The van der Waals surface area contributed by atoms with Crippen LogP contribution in [0.4, 0.5) is 4.39 Å². The Bertz CT molecular complexity index is 1760. The van der Waals surface area contributed by atoms with Crippen LogP contribution in [0.3, 0.4) is 0 Å². The first kappa shape index (κ1) is 33.0. The van der Waals surface area contributed by atoms with Crippen molar-refractivity contribution in [2.45, 2.75) is 33.1 Å². The second-order valence-corrected chi connectivity index (χ2v) is 12.6. The highest BCUT2D eigenvalue weighted by atomic mass is 35.5. The minimum Gasteiger partial charge on any atom is -0.504 e. The SMILES string of the molecule is COc1cc2sc(C(=O)C[C@H](C)C(=O)O)cc2c(Cl)c1OCCCOc1c(O)cc2sc(C(=O)C[C@H](C)C(=O)O)cc2c1F. The van der Waals surface area contributed by atoms with E-state index in [0.717, 1.165) is 11.3 Å². The van der Waals surface area contributed by atoms with Crippen LogP contribution in [0.1, 0.15) is 52.5 Å². The van der Waals surface area contributed by atoms with Gasteiger partial charge in [0.1, 0.15) is 0 Å². The highest BCUT2D eigenvalue weighted by Crippen LogP contribution is 2.45. The van der Waals surface area contributed by atoms with Gasteiger partial charge in [-0.05, 0) is 12.1 Å². The second kappa shape index (κ2) is 13.8. The van der Waals surface area contributed by atoms with Gasteiger partial charge in [-0.15, -0.1) is 22.7 Å². The summed E-state index contributed by atoms with van der Waals surface area (Å²) < 4.78 is 33.0. The summed E-state index contributed by atoms with van der Waals surface area (Å²) >= 11 is 8.72. The molecule has 234 valence electrons. The van der Waals surface area contributed by atoms with Crippen molar-refractivity contribution in [3.63, 3.8) is 0 Å². The van der Waals surface area contributed by atoms with E-state index in [1.54, 1.807) is 12.1 Å². The van der Waals surface area contributed by atoms with Crippen molar-refractivity contribution < 1.29 is 53.1 Å². The van der Waals surface area contributed by atoms with Crippen molar-refractivity contribution in [1.29, 1.82) is 0 Å². The molecule has 0 aliphatic rings. The van der Waals surface area contributed by atoms with Crippen LogP contribution in [0.2, 0.25) is 5.02 Å². The van der Waals surface area contributed by atoms with Gasteiger partial charge in [0.2, 0.25) is 0 Å². The molecule has 2 aromatic carbocycles. The van der Waals surface area contributed by atoms with E-state index < -0.39 is 46.9 Å². The van der Waals surface area contributed by atoms with Crippen LogP contribution in [0.5, 0.6) is 23.0 Å². The monoisotopic (exact) mass is 666 g/mol. The summed E-state index contributed by atoms with van der Waals surface area (Å²) in [5, 5.41) is 29.4. The number of ketones is 2. The standard InChI is InChI=1S/C30H28ClFO10S2/c1-13(29(36)37)7-17(33)23-9-15-22(44-23)12-20(40-3)28(25(15)31)42-6-4-5-41-27-19(35)11-21-16(26(27)32)10-24(43-21)18(34)8-14(2)30(38)39/h9-14,35H,4-8H2,1-3H3,(H,36,37)(H,38,39)/t13-,14-/m0/s1. The smallest absolute Gasteiger partial charge is 0.306 e. The van der Waals surface area contributed by atoms with Crippen molar-refractivity contribution in [2.24, 2.45) is 11.8 Å². The number of benzene rings is 2. The molecule has 0 aliphatic heterocycles. The number of carbonyl (C=O) groups excluding carboxylic acids is 2. The van der Waals surface area contributed by atoms with Crippen LogP contribution in [-0.4, -0.2) is 59.1 Å². The van der Waals surface area contributed by atoms with E-state index in [1.807, 2.05) is 0 Å². The maximum Gasteiger partial charge on any atom is 0.306 e. The number of carboxylic acid groups (broad SMARTS) is 2. The molecule has 0 radical (unpaired) electrons.